The molecular weight excluding hydrogens is 488 g/mol. The van der Waals surface area contributed by atoms with Crippen molar-refractivity contribution in [3.63, 3.8) is 0 Å². The van der Waals surface area contributed by atoms with Crippen molar-refractivity contribution < 1.29 is 14.6 Å². The molecule has 0 bridgehead atoms. The predicted octanol–water partition coefficient (Wildman–Crippen LogP) is 6.23. The van der Waals surface area contributed by atoms with Gasteiger partial charge in [-0.3, -0.25) is 9.48 Å². The number of benzene rings is 1. The highest BCUT2D eigenvalue weighted by atomic mass is 16.5. The van der Waals surface area contributed by atoms with Crippen LogP contribution in [0.4, 0.5) is 5.69 Å². The van der Waals surface area contributed by atoms with Crippen LogP contribution < -0.4 is 4.90 Å². The molecule has 2 saturated carbocycles. The van der Waals surface area contributed by atoms with Crippen LogP contribution in [0.15, 0.2) is 66.2 Å². The zero-order valence-corrected chi connectivity index (χ0v) is 24.0. The zero-order chi connectivity index (χ0) is 27.9. The Bertz CT molecular complexity index is 1190. The molecule has 1 heterocycles. The van der Waals surface area contributed by atoms with E-state index in [-0.39, 0.29) is 17.9 Å². The van der Waals surface area contributed by atoms with Gasteiger partial charge in [-0.1, -0.05) is 30.4 Å². The van der Waals surface area contributed by atoms with Crippen molar-refractivity contribution in [2.75, 3.05) is 18.6 Å². The summed E-state index contributed by atoms with van der Waals surface area (Å²) in [7, 11) is 3.55. The molecule has 2 aromatic rings. The Morgan fingerprint density at radius 2 is 1.79 bits per heavy atom. The summed E-state index contributed by atoms with van der Waals surface area (Å²) in [4.78, 5) is 20.3. The lowest BCUT2D eigenvalue weighted by Crippen LogP contribution is -2.42. The van der Waals surface area contributed by atoms with Crippen LogP contribution in [-0.4, -0.2) is 45.5 Å². The van der Waals surface area contributed by atoms with Gasteiger partial charge in [0, 0.05) is 30.8 Å². The minimum atomic E-state index is -0.282. The number of ether oxygens (including phenoxy) is 1. The number of anilines is 1. The van der Waals surface area contributed by atoms with Crippen LogP contribution in [0.25, 0.3) is 11.4 Å². The molecule has 2 fully saturated rings. The summed E-state index contributed by atoms with van der Waals surface area (Å²) in [6, 6.07) is 8.05. The van der Waals surface area contributed by atoms with Crippen molar-refractivity contribution in [2.24, 2.45) is 24.8 Å². The molecule has 7 heteroatoms. The molecule has 1 amide bonds. The van der Waals surface area contributed by atoms with Gasteiger partial charge in [0.2, 0.25) is 5.91 Å². The maximum atomic E-state index is 13.9. The molecule has 0 radical (unpaired) electrons. The van der Waals surface area contributed by atoms with Crippen LogP contribution >= 0.6 is 0 Å². The van der Waals surface area contributed by atoms with Crippen LogP contribution in [0.5, 0.6) is 0 Å². The lowest BCUT2D eigenvalue weighted by atomic mass is 9.78. The number of allylic oxidation sites excluding steroid dienone is 4. The van der Waals surface area contributed by atoms with Gasteiger partial charge >= 0.3 is 0 Å². The summed E-state index contributed by atoms with van der Waals surface area (Å²) in [6.07, 6.45) is 12.7. The third-order valence-electron chi connectivity index (χ3n) is 8.30. The quantitative estimate of drug-likeness (QED) is 0.306. The fourth-order valence-corrected chi connectivity index (χ4v) is 5.88. The third-order valence-corrected chi connectivity index (χ3v) is 8.30. The summed E-state index contributed by atoms with van der Waals surface area (Å²) in [5, 5.41) is 14.5. The number of amides is 1. The number of aliphatic hydroxyl groups is 1. The van der Waals surface area contributed by atoms with Crippen LogP contribution in [-0.2, 0) is 16.6 Å². The van der Waals surface area contributed by atoms with Gasteiger partial charge in [0.25, 0.3) is 0 Å². The molecule has 0 aliphatic heterocycles. The van der Waals surface area contributed by atoms with E-state index in [2.05, 4.69) is 22.7 Å². The first kappa shape index (κ1) is 28.8. The summed E-state index contributed by atoms with van der Waals surface area (Å²) in [5.74, 6) is 2.56. The second-order valence-electron chi connectivity index (χ2n) is 11.4. The number of carbonyl (C=O) groups excluding carboxylic acids is 1. The van der Waals surface area contributed by atoms with Crippen LogP contribution in [0.3, 0.4) is 0 Å². The van der Waals surface area contributed by atoms with Gasteiger partial charge in [0.15, 0.2) is 5.82 Å². The summed E-state index contributed by atoms with van der Waals surface area (Å²) in [5.41, 5.74) is 4.10. The number of nitrogens with zero attached hydrogens (tertiary/aromatic N) is 4. The van der Waals surface area contributed by atoms with Gasteiger partial charge in [-0.05, 0) is 101 Å². The number of aromatic nitrogens is 3. The number of methoxy groups -OCH3 is 1. The highest BCUT2D eigenvalue weighted by Crippen LogP contribution is 2.36. The first-order valence-electron chi connectivity index (χ1n) is 14.3. The summed E-state index contributed by atoms with van der Waals surface area (Å²) in [6.45, 7) is 9.14. The molecule has 39 heavy (non-hydrogen) atoms. The Morgan fingerprint density at radius 3 is 2.41 bits per heavy atom. The predicted molar refractivity (Wildman–Crippen MR) is 156 cm³/mol. The van der Waals surface area contributed by atoms with Crippen LogP contribution in [0.1, 0.15) is 65.2 Å². The normalized spacial score (nSPS) is 23.4. The minimum Gasteiger partial charge on any atom is -0.497 e. The van der Waals surface area contributed by atoms with Crippen molar-refractivity contribution in [3.8, 4) is 11.4 Å². The second kappa shape index (κ2) is 13.2. The molecule has 1 aromatic carbocycles. The Labute approximate surface area is 233 Å². The molecule has 7 nitrogen and oxygen atoms in total. The Hall–Kier alpha value is -3.19. The van der Waals surface area contributed by atoms with Gasteiger partial charge in [0.05, 0.1) is 13.2 Å². The molecule has 0 atom stereocenters. The smallest absolute Gasteiger partial charge is 0.230 e. The average Bonchev–Trinajstić information content (AvgIpc) is 3.38. The van der Waals surface area contributed by atoms with E-state index in [9.17, 15) is 9.90 Å². The van der Waals surface area contributed by atoms with E-state index in [0.29, 0.717) is 37.0 Å². The minimum absolute atomic E-state index is 0.0451. The van der Waals surface area contributed by atoms with Crippen molar-refractivity contribution in [3.05, 3.63) is 66.2 Å². The number of hydrogen-bond acceptors (Lipinski definition) is 5. The first-order valence-corrected chi connectivity index (χ1v) is 14.3. The van der Waals surface area contributed by atoms with E-state index >= 15 is 0 Å². The molecule has 4 rings (SSSR count). The second-order valence-corrected chi connectivity index (χ2v) is 11.4. The van der Waals surface area contributed by atoms with Gasteiger partial charge in [0.1, 0.15) is 12.1 Å². The third kappa shape index (κ3) is 7.47. The van der Waals surface area contributed by atoms with E-state index in [1.165, 1.54) is 0 Å². The van der Waals surface area contributed by atoms with Gasteiger partial charge in [-0.2, -0.15) is 5.10 Å². The lowest BCUT2D eigenvalue weighted by molar-refractivity contribution is -0.124. The summed E-state index contributed by atoms with van der Waals surface area (Å²) < 4.78 is 7.15. The molecule has 0 spiro atoms. The van der Waals surface area contributed by atoms with Gasteiger partial charge < -0.3 is 14.7 Å². The topological polar surface area (TPSA) is 80.5 Å². The fraction of sp³-hybridized carbons (Fsp3) is 0.531. The monoisotopic (exact) mass is 532 g/mol. The SMILES string of the molecule is C=C(/C=C\C(OC)=C(C)C)[C@H]1CC[C@H](CN(c2cccc(-c3ncn(C)n3)c2)C(=O)[C@H]2CC[C@H](O)CC2)CC1. The molecule has 0 saturated heterocycles. The molecular formula is C32H44N4O3. The highest BCUT2D eigenvalue weighted by Gasteiger charge is 2.32. The standard InChI is InChI=1S/C32H44N4O3/c1-22(2)30(39-5)18-9-23(3)25-12-10-24(11-13-25)20-36(32(38)26-14-16-29(37)17-15-26)28-8-6-7-27(19-28)31-33-21-35(4)34-31/h6-9,18-19,21,24-26,29,37H,3,10-17,20H2,1-2,4-5H3/b18-9-/t24-,25-,26-,29-. The number of hydrogen-bond donors (Lipinski definition) is 1. The van der Waals surface area contributed by atoms with Gasteiger partial charge in [-0.25, -0.2) is 4.98 Å². The highest BCUT2D eigenvalue weighted by molar-refractivity contribution is 5.95. The Morgan fingerprint density at radius 1 is 1.10 bits per heavy atom. The molecule has 0 unspecified atom stereocenters. The molecule has 2 aliphatic carbocycles. The van der Waals surface area contributed by atoms with Crippen molar-refractivity contribution >= 4 is 11.6 Å². The number of rotatable bonds is 9. The van der Waals surface area contributed by atoms with Crippen LogP contribution in [0, 0.1) is 17.8 Å². The number of aryl methyl sites for hydroxylation is 1. The van der Waals surface area contributed by atoms with E-state index in [4.69, 9.17) is 4.74 Å². The van der Waals surface area contributed by atoms with E-state index in [1.54, 1.807) is 18.1 Å². The van der Waals surface area contributed by atoms with Crippen molar-refractivity contribution in [2.45, 2.75) is 71.3 Å². The van der Waals surface area contributed by atoms with Gasteiger partial charge in [-0.15, -0.1) is 0 Å². The molecule has 210 valence electrons. The number of carbonyl (C=O) groups is 1. The Kier molecular flexibility index (Phi) is 9.78. The Balaban J connectivity index is 1.47. The van der Waals surface area contributed by atoms with E-state index in [0.717, 1.165) is 66.7 Å². The largest absolute Gasteiger partial charge is 0.497 e. The average molecular weight is 533 g/mol. The molecule has 1 aromatic heterocycles. The first-order chi connectivity index (χ1) is 18.7. The van der Waals surface area contributed by atoms with E-state index < -0.39 is 0 Å². The van der Waals surface area contributed by atoms with Crippen LogP contribution in [0.2, 0.25) is 0 Å². The fourth-order valence-electron chi connectivity index (χ4n) is 5.88. The van der Waals surface area contributed by atoms with Crippen molar-refractivity contribution in [1.29, 1.82) is 0 Å². The maximum Gasteiger partial charge on any atom is 0.230 e. The molecule has 1 N–H and O–H groups in total. The maximum absolute atomic E-state index is 13.9. The number of aliphatic hydroxyl groups excluding tert-OH is 1. The molecule has 2 aliphatic rings. The lowest BCUT2D eigenvalue weighted by Gasteiger charge is -2.36. The van der Waals surface area contributed by atoms with E-state index in [1.807, 2.05) is 56.1 Å². The summed E-state index contributed by atoms with van der Waals surface area (Å²) >= 11 is 0. The van der Waals surface area contributed by atoms with Crippen molar-refractivity contribution in [1.82, 2.24) is 14.8 Å². The zero-order valence-electron chi connectivity index (χ0n) is 24.0.